The highest BCUT2D eigenvalue weighted by Crippen LogP contribution is 2.33. The normalized spacial score (nSPS) is 10.5. The van der Waals surface area contributed by atoms with Crippen LogP contribution in [0.25, 0.3) is 0 Å². The van der Waals surface area contributed by atoms with Gasteiger partial charge in [-0.15, -0.1) is 0 Å². The number of phenolic OH excluding ortho intramolecular Hbond substituents is 1. The van der Waals surface area contributed by atoms with Crippen LogP contribution in [0.3, 0.4) is 0 Å². The van der Waals surface area contributed by atoms with Crippen LogP contribution in [0.2, 0.25) is 0 Å². The van der Waals surface area contributed by atoms with Gasteiger partial charge in [-0.25, -0.2) is 5.43 Å². The molecule has 0 unspecified atom stereocenters. The topological polar surface area (TPSA) is 123 Å². The van der Waals surface area contributed by atoms with Gasteiger partial charge in [-0.3, -0.25) is 14.9 Å². The fraction of sp³-hybridized carbons (Fsp3) is 0.125. The van der Waals surface area contributed by atoms with Crippen LogP contribution in [0.1, 0.15) is 15.9 Å². The number of methoxy groups -OCH3 is 2. The number of nitro benzene ring substituents is 1. The van der Waals surface area contributed by atoms with Gasteiger partial charge in [-0.2, -0.15) is 5.10 Å². The quantitative estimate of drug-likeness (QED) is 0.469. The van der Waals surface area contributed by atoms with Gasteiger partial charge in [0, 0.05) is 11.6 Å². The van der Waals surface area contributed by atoms with Crippen molar-refractivity contribution in [3.8, 4) is 17.2 Å². The molecule has 0 aliphatic carbocycles. The highest BCUT2D eigenvalue weighted by molar-refractivity contribution is 5.97. The zero-order valence-electron chi connectivity index (χ0n) is 13.4. The Labute approximate surface area is 142 Å². The molecule has 0 aliphatic rings. The minimum atomic E-state index is -0.632. The first kappa shape index (κ1) is 17.7. The number of nitro groups is 1. The summed E-state index contributed by atoms with van der Waals surface area (Å²) in [6.45, 7) is 0. The third kappa shape index (κ3) is 4.02. The minimum Gasteiger partial charge on any atom is -0.504 e. The van der Waals surface area contributed by atoms with E-state index in [2.05, 4.69) is 10.5 Å². The number of non-ortho nitro benzene ring substituents is 1. The molecule has 0 saturated carbocycles. The Morgan fingerprint density at radius 3 is 2.56 bits per heavy atom. The van der Waals surface area contributed by atoms with Crippen molar-refractivity contribution in [2.45, 2.75) is 0 Å². The number of nitrogens with one attached hydrogen (secondary N) is 1. The summed E-state index contributed by atoms with van der Waals surface area (Å²) in [5.74, 6) is -0.573. The van der Waals surface area contributed by atoms with Gasteiger partial charge in [-0.05, 0) is 12.1 Å². The molecule has 0 aromatic heterocycles. The second-order valence-electron chi connectivity index (χ2n) is 4.74. The van der Waals surface area contributed by atoms with E-state index in [0.717, 1.165) is 18.3 Å². The molecule has 9 heteroatoms. The van der Waals surface area contributed by atoms with Crippen molar-refractivity contribution in [3.05, 3.63) is 57.6 Å². The van der Waals surface area contributed by atoms with E-state index in [1.165, 1.54) is 14.2 Å². The van der Waals surface area contributed by atoms with Crippen LogP contribution in [-0.2, 0) is 0 Å². The van der Waals surface area contributed by atoms with E-state index in [4.69, 9.17) is 9.47 Å². The van der Waals surface area contributed by atoms with Crippen LogP contribution in [0, 0.1) is 10.1 Å². The largest absolute Gasteiger partial charge is 0.504 e. The smallest absolute Gasteiger partial charge is 0.275 e. The molecule has 0 atom stereocenters. The van der Waals surface area contributed by atoms with Crippen LogP contribution < -0.4 is 14.9 Å². The summed E-state index contributed by atoms with van der Waals surface area (Å²) in [6.07, 6.45) is 1.08. The molecule has 25 heavy (non-hydrogen) atoms. The van der Waals surface area contributed by atoms with Crippen LogP contribution in [0.5, 0.6) is 17.2 Å². The maximum absolute atomic E-state index is 12.1. The van der Waals surface area contributed by atoms with E-state index in [0.29, 0.717) is 5.75 Å². The molecular formula is C16H15N3O6. The van der Waals surface area contributed by atoms with Gasteiger partial charge >= 0.3 is 0 Å². The maximum Gasteiger partial charge on any atom is 0.275 e. The maximum atomic E-state index is 12.1. The van der Waals surface area contributed by atoms with Gasteiger partial charge in [-0.1, -0.05) is 12.1 Å². The summed E-state index contributed by atoms with van der Waals surface area (Å²) >= 11 is 0. The molecule has 2 aromatic carbocycles. The number of carbonyl (C=O) groups is 1. The average Bonchev–Trinajstić information content (AvgIpc) is 2.62. The number of nitrogens with zero attached hydrogens (tertiary/aromatic N) is 2. The molecule has 2 rings (SSSR count). The summed E-state index contributed by atoms with van der Waals surface area (Å²) in [7, 11) is 2.70. The third-order valence-corrected chi connectivity index (χ3v) is 3.24. The van der Waals surface area contributed by atoms with Crippen molar-refractivity contribution in [2.24, 2.45) is 5.10 Å². The number of phenols is 1. The highest BCUT2D eigenvalue weighted by Gasteiger charge is 2.16. The number of hydrogen-bond acceptors (Lipinski definition) is 7. The standard InChI is InChI=1S/C16H15N3O6/c1-24-13-6-4-3-5-12(13)16(21)18-17-9-10-7-11(19(22)23)8-14(25-2)15(10)20/h3-9,20H,1-2H3,(H,18,21)/b17-9+. The molecule has 0 radical (unpaired) electrons. The average molecular weight is 345 g/mol. The van der Waals surface area contributed by atoms with Gasteiger partial charge in [0.25, 0.3) is 11.6 Å². The number of hydrogen-bond donors (Lipinski definition) is 2. The summed E-state index contributed by atoms with van der Waals surface area (Å²) < 4.78 is 9.96. The molecule has 0 spiro atoms. The van der Waals surface area contributed by atoms with Crippen molar-refractivity contribution in [3.63, 3.8) is 0 Å². The molecule has 0 aliphatic heterocycles. The SMILES string of the molecule is COc1ccccc1C(=O)N/N=C/c1cc([N+](=O)[O-])cc(OC)c1O. The van der Waals surface area contributed by atoms with Crippen LogP contribution in [-0.4, -0.2) is 36.4 Å². The summed E-state index contributed by atoms with van der Waals surface area (Å²) in [5, 5.41) is 24.6. The fourth-order valence-corrected chi connectivity index (χ4v) is 2.03. The number of ether oxygens (including phenoxy) is 2. The van der Waals surface area contributed by atoms with Gasteiger partial charge in [0.15, 0.2) is 11.5 Å². The van der Waals surface area contributed by atoms with Gasteiger partial charge in [0.05, 0.1) is 37.0 Å². The van der Waals surface area contributed by atoms with Crippen molar-refractivity contribution < 1.29 is 24.3 Å². The Morgan fingerprint density at radius 2 is 1.92 bits per heavy atom. The van der Waals surface area contributed by atoms with Crippen LogP contribution in [0.4, 0.5) is 5.69 Å². The molecule has 1 amide bonds. The second-order valence-corrected chi connectivity index (χ2v) is 4.74. The van der Waals surface area contributed by atoms with Crippen molar-refractivity contribution in [1.29, 1.82) is 0 Å². The van der Waals surface area contributed by atoms with Crippen molar-refractivity contribution >= 4 is 17.8 Å². The lowest BCUT2D eigenvalue weighted by Crippen LogP contribution is -2.18. The molecule has 9 nitrogen and oxygen atoms in total. The third-order valence-electron chi connectivity index (χ3n) is 3.24. The van der Waals surface area contributed by atoms with Gasteiger partial charge in [0.1, 0.15) is 5.75 Å². The van der Waals surface area contributed by atoms with E-state index in [1.54, 1.807) is 24.3 Å². The lowest BCUT2D eigenvalue weighted by atomic mass is 10.1. The second kappa shape index (κ2) is 7.77. The number of aromatic hydroxyl groups is 1. The van der Waals surface area contributed by atoms with Crippen molar-refractivity contribution in [1.82, 2.24) is 5.43 Å². The Hall–Kier alpha value is -3.62. The number of amides is 1. The van der Waals surface area contributed by atoms with Crippen LogP contribution in [0.15, 0.2) is 41.5 Å². The molecule has 0 heterocycles. The molecule has 0 fully saturated rings. The Balaban J connectivity index is 2.23. The van der Waals surface area contributed by atoms with E-state index >= 15 is 0 Å². The van der Waals surface area contributed by atoms with E-state index in [1.807, 2.05) is 0 Å². The summed E-state index contributed by atoms with van der Waals surface area (Å²) in [4.78, 5) is 22.4. The number of benzene rings is 2. The lowest BCUT2D eigenvalue weighted by molar-refractivity contribution is -0.385. The van der Waals surface area contributed by atoms with E-state index in [9.17, 15) is 20.0 Å². The minimum absolute atomic E-state index is 0.0198. The zero-order chi connectivity index (χ0) is 18.4. The number of rotatable bonds is 6. The van der Waals surface area contributed by atoms with Crippen LogP contribution >= 0.6 is 0 Å². The van der Waals surface area contributed by atoms with E-state index in [-0.39, 0.29) is 28.3 Å². The predicted octanol–water partition coefficient (Wildman–Crippen LogP) is 2.08. The number of hydrazone groups is 1. The molecule has 130 valence electrons. The molecule has 2 N–H and O–H groups in total. The Bertz CT molecular complexity index is 835. The Morgan fingerprint density at radius 1 is 1.24 bits per heavy atom. The van der Waals surface area contributed by atoms with Crippen molar-refractivity contribution in [2.75, 3.05) is 14.2 Å². The fourth-order valence-electron chi connectivity index (χ4n) is 2.03. The zero-order valence-corrected chi connectivity index (χ0v) is 13.4. The first-order valence-electron chi connectivity index (χ1n) is 6.99. The lowest BCUT2D eigenvalue weighted by Gasteiger charge is -2.07. The number of para-hydroxylation sites is 1. The molecule has 0 bridgehead atoms. The predicted molar refractivity (Wildman–Crippen MR) is 89.4 cm³/mol. The molecule has 0 saturated heterocycles. The van der Waals surface area contributed by atoms with Gasteiger partial charge < -0.3 is 14.6 Å². The first-order valence-corrected chi connectivity index (χ1v) is 6.99. The Kier molecular flexibility index (Phi) is 5.51. The van der Waals surface area contributed by atoms with Gasteiger partial charge in [0.2, 0.25) is 0 Å². The number of carbonyl (C=O) groups excluding carboxylic acids is 1. The first-order chi connectivity index (χ1) is 12.0. The molecular weight excluding hydrogens is 330 g/mol. The monoisotopic (exact) mass is 345 g/mol. The summed E-state index contributed by atoms with van der Waals surface area (Å²) in [5.41, 5.74) is 2.27. The van der Waals surface area contributed by atoms with E-state index < -0.39 is 10.8 Å². The summed E-state index contributed by atoms with van der Waals surface area (Å²) in [6, 6.07) is 8.74. The molecule has 2 aromatic rings. The highest BCUT2D eigenvalue weighted by atomic mass is 16.6.